The van der Waals surface area contributed by atoms with Crippen molar-refractivity contribution in [2.75, 3.05) is 0 Å². The van der Waals surface area contributed by atoms with Gasteiger partial charge in [-0.3, -0.25) is 4.79 Å². The van der Waals surface area contributed by atoms with Crippen molar-refractivity contribution >= 4 is 40.1 Å². The van der Waals surface area contributed by atoms with Gasteiger partial charge in [0.25, 0.3) is 5.91 Å². The van der Waals surface area contributed by atoms with Gasteiger partial charge in [-0.2, -0.15) is 0 Å². The van der Waals surface area contributed by atoms with Crippen LogP contribution in [0.4, 0.5) is 0 Å². The predicted molar refractivity (Wildman–Crippen MR) is 91.2 cm³/mol. The van der Waals surface area contributed by atoms with Crippen molar-refractivity contribution in [3.05, 3.63) is 67.7 Å². The van der Waals surface area contributed by atoms with Crippen LogP contribution in [0.1, 0.15) is 34.5 Å². The molecule has 0 fully saturated rings. The molecular formula is C16H15ClINO. The number of halogens is 2. The number of benzene rings is 2. The number of aryl methyl sites for hydroxylation is 1. The Morgan fingerprint density at radius 2 is 1.95 bits per heavy atom. The maximum atomic E-state index is 12.3. The van der Waals surface area contributed by atoms with Gasteiger partial charge in [-0.25, -0.2) is 0 Å². The Labute approximate surface area is 137 Å². The van der Waals surface area contributed by atoms with E-state index >= 15 is 0 Å². The molecule has 0 aliphatic carbocycles. The number of carbonyl (C=O) groups is 1. The number of hydrogen-bond donors (Lipinski definition) is 1. The first-order chi connectivity index (χ1) is 9.49. The van der Waals surface area contributed by atoms with Crippen LogP contribution in [0.15, 0.2) is 42.5 Å². The Morgan fingerprint density at radius 3 is 2.65 bits per heavy atom. The monoisotopic (exact) mass is 399 g/mol. The third kappa shape index (κ3) is 3.52. The highest BCUT2D eigenvalue weighted by atomic mass is 127. The molecule has 1 N–H and O–H groups in total. The van der Waals surface area contributed by atoms with E-state index in [0.29, 0.717) is 10.6 Å². The van der Waals surface area contributed by atoms with Crippen LogP contribution in [0.3, 0.4) is 0 Å². The molecule has 2 aromatic rings. The molecule has 0 bridgehead atoms. The molecule has 1 atom stereocenters. The van der Waals surface area contributed by atoms with Crippen molar-refractivity contribution in [2.24, 2.45) is 0 Å². The van der Waals surface area contributed by atoms with Crippen molar-refractivity contribution in [2.45, 2.75) is 19.9 Å². The average molecular weight is 400 g/mol. The zero-order chi connectivity index (χ0) is 14.7. The molecule has 1 amide bonds. The minimum atomic E-state index is -0.0856. The molecule has 104 valence electrons. The molecule has 2 rings (SSSR count). The lowest BCUT2D eigenvalue weighted by Gasteiger charge is -2.15. The molecule has 0 saturated carbocycles. The highest BCUT2D eigenvalue weighted by molar-refractivity contribution is 14.1. The third-order valence-electron chi connectivity index (χ3n) is 3.13. The van der Waals surface area contributed by atoms with Gasteiger partial charge in [0.15, 0.2) is 0 Å². The fourth-order valence-corrected chi connectivity index (χ4v) is 2.76. The number of carbonyl (C=O) groups excluding carboxylic acids is 1. The SMILES string of the molecule is Cc1cccc(C(=O)NC(C)c2cccc(Cl)c2)c1I. The fraction of sp³-hybridized carbons (Fsp3) is 0.188. The van der Waals surface area contributed by atoms with Gasteiger partial charge in [0.2, 0.25) is 0 Å². The van der Waals surface area contributed by atoms with Crippen LogP contribution < -0.4 is 5.32 Å². The van der Waals surface area contributed by atoms with E-state index in [1.165, 1.54) is 0 Å². The maximum absolute atomic E-state index is 12.3. The second-order valence-electron chi connectivity index (χ2n) is 4.69. The van der Waals surface area contributed by atoms with Gasteiger partial charge in [-0.1, -0.05) is 35.9 Å². The maximum Gasteiger partial charge on any atom is 0.252 e. The summed E-state index contributed by atoms with van der Waals surface area (Å²) in [5, 5.41) is 3.68. The van der Waals surface area contributed by atoms with Gasteiger partial charge in [-0.15, -0.1) is 0 Å². The fourth-order valence-electron chi connectivity index (χ4n) is 1.96. The summed E-state index contributed by atoms with van der Waals surface area (Å²) in [6.07, 6.45) is 0. The smallest absolute Gasteiger partial charge is 0.252 e. The van der Waals surface area contributed by atoms with Crippen LogP contribution in [0.2, 0.25) is 5.02 Å². The number of amides is 1. The summed E-state index contributed by atoms with van der Waals surface area (Å²) >= 11 is 8.18. The normalized spacial score (nSPS) is 12.0. The molecule has 0 aromatic heterocycles. The van der Waals surface area contributed by atoms with E-state index in [1.54, 1.807) is 0 Å². The van der Waals surface area contributed by atoms with E-state index in [9.17, 15) is 4.79 Å². The second kappa shape index (κ2) is 6.59. The van der Waals surface area contributed by atoms with Crippen LogP contribution in [0.25, 0.3) is 0 Å². The summed E-state index contributed by atoms with van der Waals surface area (Å²) in [4.78, 5) is 12.3. The van der Waals surface area contributed by atoms with Gasteiger partial charge in [0.1, 0.15) is 0 Å². The molecular weight excluding hydrogens is 385 g/mol. The molecule has 20 heavy (non-hydrogen) atoms. The van der Waals surface area contributed by atoms with Crippen molar-refractivity contribution in [1.82, 2.24) is 5.32 Å². The largest absolute Gasteiger partial charge is 0.345 e. The van der Waals surface area contributed by atoms with E-state index in [0.717, 1.165) is 14.7 Å². The molecule has 0 aliphatic rings. The van der Waals surface area contributed by atoms with Gasteiger partial charge in [0.05, 0.1) is 11.6 Å². The van der Waals surface area contributed by atoms with Crippen molar-refractivity contribution in [3.8, 4) is 0 Å². The first-order valence-corrected chi connectivity index (χ1v) is 7.76. The summed E-state index contributed by atoms with van der Waals surface area (Å²) in [6.45, 7) is 3.95. The highest BCUT2D eigenvalue weighted by Crippen LogP contribution is 2.20. The number of nitrogens with one attached hydrogen (secondary N) is 1. The Morgan fingerprint density at radius 1 is 1.25 bits per heavy atom. The Hall–Kier alpha value is -1.07. The lowest BCUT2D eigenvalue weighted by Crippen LogP contribution is -2.27. The molecule has 0 saturated heterocycles. The average Bonchev–Trinajstić information content (AvgIpc) is 2.41. The zero-order valence-electron chi connectivity index (χ0n) is 11.3. The van der Waals surface area contributed by atoms with Crippen LogP contribution >= 0.6 is 34.2 Å². The number of hydrogen-bond acceptors (Lipinski definition) is 1. The van der Waals surface area contributed by atoms with Crippen LogP contribution in [-0.4, -0.2) is 5.91 Å². The zero-order valence-corrected chi connectivity index (χ0v) is 14.2. The molecule has 0 heterocycles. The van der Waals surface area contributed by atoms with Crippen molar-refractivity contribution in [1.29, 1.82) is 0 Å². The molecule has 2 aromatic carbocycles. The summed E-state index contributed by atoms with van der Waals surface area (Å²) in [5.74, 6) is -0.0643. The highest BCUT2D eigenvalue weighted by Gasteiger charge is 2.14. The van der Waals surface area contributed by atoms with Crippen LogP contribution in [-0.2, 0) is 0 Å². The molecule has 1 unspecified atom stereocenters. The molecule has 0 spiro atoms. The lowest BCUT2D eigenvalue weighted by atomic mass is 10.1. The minimum Gasteiger partial charge on any atom is -0.345 e. The summed E-state index contributed by atoms with van der Waals surface area (Å²) < 4.78 is 0.987. The van der Waals surface area contributed by atoms with Gasteiger partial charge in [-0.05, 0) is 65.8 Å². The van der Waals surface area contributed by atoms with Gasteiger partial charge in [0, 0.05) is 8.59 Å². The van der Waals surface area contributed by atoms with Gasteiger partial charge >= 0.3 is 0 Å². The summed E-state index contributed by atoms with van der Waals surface area (Å²) in [6, 6.07) is 13.2. The molecule has 4 heteroatoms. The van der Waals surface area contributed by atoms with Gasteiger partial charge < -0.3 is 5.32 Å². The summed E-state index contributed by atoms with van der Waals surface area (Å²) in [5.41, 5.74) is 2.81. The van der Waals surface area contributed by atoms with E-state index in [4.69, 9.17) is 11.6 Å². The second-order valence-corrected chi connectivity index (χ2v) is 6.20. The first-order valence-electron chi connectivity index (χ1n) is 6.30. The summed E-state index contributed by atoms with van der Waals surface area (Å²) in [7, 11) is 0. The standard InChI is InChI=1S/C16H15ClINO/c1-10-5-3-8-14(15(10)18)16(20)19-11(2)12-6-4-7-13(17)9-12/h3-9,11H,1-2H3,(H,19,20). The lowest BCUT2D eigenvalue weighted by molar-refractivity contribution is 0.0939. The van der Waals surface area contributed by atoms with Crippen molar-refractivity contribution in [3.63, 3.8) is 0 Å². The molecule has 0 aliphatic heterocycles. The predicted octanol–water partition coefficient (Wildman–Crippen LogP) is 4.74. The first kappa shape index (κ1) is 15.3. The molecule has 2 nitrogen and oxygen atoms in total. The quantitative estimate of drug-likeness (QED) is 0.742. The minimum absolute atomic E-state index is 0.0643. The van der Waals surface area contributed by atoms with Crippen LogP contribution in [0.5, 0.6) is 0 Å². The Bertz CT molecular complexity index is 642. The van der Waals surface area contributed by atoms with Crippen molar-refractivity contribution < 1.29 is 4.79 Å². The van der Waals surface area contributed by atoms with Crippen LogP contribution in [0, 0.1) is 10.5 Å². The number of rotatable bonds is 3. The third-order valence-corrected chi connectivity index (χ3v) is 4.80. The Balaban J connectivity index is 2.17. The topological polar surface area (TPSA) is 29.1 Å². The van der Waals surface area contributed by atoms with E-state index in [2.05, 4.69) is 27.9 Å². The Kier molecular flexibility index (Phi) is 5.05. The van der Waals surface area contributed by atoms with E-state index < -0.39 is 0 Å². The van der Waals surface area contributed by atoms with E-state index in [-0.39, 0.29) is 11.9 Å². The van der Waals surface area contributed by atoms with E-state index in [1.807, 2.05) is 56.3 Å². The molecule has 0 radical (unpaired) electrons.